The van der Waals surface area contributed by atoms with Crippen LogP contribution in [0.25, 0.3) is 0 Å². The lowest BCUT2D eigenvalue weighted by molar-refractivity contribution is 0.0595. The standard InChI is InChI=1S/C8H13NO2SSi/c1-11-7(10)6-5-12-8(9-6)13(2,3)4/h5H,1-4H3. The van der Waals surface area contributed by atoms with Gasteiger partial charge in [-0.15, -0.1) is 11.3 Å². The second-order valence-electron chi connectivity index (χ2n) is 3.78. The third kappa shape index (κ3) is 2.38. The molecule has 0 fully saturated rings. The molecular weight excluding hydrogens is 202 g/mol. The van der Waals surface area contributed by atoms with E-state index in [9.17, 15) is 4.79 Å². The molecule has 0 atom stereocenters. The minimum absolute atomic E-state index is 0.347. The zero-order chi connectivity index (χ0) is 10.1. The molecule has 5 heteroatoms. The van der Waals surface area contributed by atoms with Gasteiger partial charge in [-0.25, -0.2) is 9.78 Å². The molecule has 0 spiro atoms. The lowest BCUT2D eigenvalue weighted by atomic mass is 10.5. The molecule has 1 aromatic heterocycles. The van der Waals surface area contributed by atoms with Crippen molar-refractivity contribution in [2.45, 2.75) is 19.6 Å². The number of aromatic nitrogens is 1. The SMILES string of the molecule is COC(=O)c1csc([Si](C)(C)C)n1. The highest BCUT2D eigenvalue weighted by Crippen LogP contribution is 2.08. The lowest BCUT2D eigenvalue weighted by Gasteiger charge is -2.10. The first-order valence-corrected chi connectivity index (χ1v) is 8.37. The first-order valence-electron chi connectivity index (χ1n) is 3.99. The van der Waals surface area contributed by atoms with Crippen LogP contribution in [0.4, 0.5) is 0 Å². The fourth-order valence-corrected chi connectivity index (χ4v) is 3.39. The molecule has 0 bridgehead atoms. The first-order chi connectivity index (χ1) is 5.95. The predicted octanol–water partition coefficient (Wildman–Crippen LogP) is 1.47. The topological polar surface area (TPSA) is 39.2 Å². The number of carbonyl (C=O) groups excluding carboxylic acids is 1. The summed E-state index contributed by atoms with van der Waals surface area (Å²) in [6.07, 6.45) is 0. The second kappa shape index (κ2) is 3.59. The van der Waals surface area contributed by atoms with Crippen molar-refractivity contribution in [2.75, 3.05) is 7.11 Å². The number of esters is 1. The van der Waals surface area contributed by atoms with Gasteiger partial charge in [-0.3, -0.25) is 0 Å². The van der Waals surface area contributed by atoms with Crippen molar-refractivity contribution in [3.63, 3.8) is 0 Å². The summed E-state index contributed by atoms with van der Waals surface area (Å²) in [5.74, 6) is -0.347. The number of hydrogen-bond acceptors (Lipinski definition) is 4. The molecule has 0 saturated carbocycles. The normalized spacial score (nSPS) is 11.4. The molecule has 72 valence electrons. The van der Waals surface area contributed by atoms with E-state index < -0.39 is 8.07 Å². The summed E-state index contributed by atoms with van der Waals surface area (Å²) in [7, 11) is -0.000571. The van der Waals surface area contributed by atoms with E-state index in [2.05, 4.69) is 29.4 Å². The minimum atomic E-state index is -1.37. The van der Waals surface area contributed by atoms with Gasteiger partial charge in [0.05, 0.1) is 11.7 Å². The van der Waals surface area contributed by atoms with E-state index in [1.807, 2.05) is 0 Å². The Balaban J connectivity index is 2.93. The molecule has 0 saturated heterocycles. The maximum absolute atomic E-state index is 11.1. The van der Waals surface area contributed by atoms with Crippen LogP contribution >= 0.6 is 11.3 Å². The number of ether oxygens (including phenoxy) is 1. The fourth-order valence-electron chi connectivity index (χ4n) is 0.817. The Hall–Kier alpha value is -0.683. The van der Waals surface area contributed by atoms with Crippen molar-refractivity contribution in [3.8, 4) is 0 Å². The van der Waals surface area contributed by atoms with Crippen molar-refractivity contribution in [1.82, 2.24) is 4.98 Å². The Morgan fingerprint density at radius 2 is 2.15 bits per heavy atom. The van der Waals surface area contributed by atoms with Crippen molar-refractivity contribution in [2.24, 2.45) is 0 Å². The molecule has 0 N–H and O–H groups in total. The molecule has 3 nitrogen and oxygen atoms in total. The largest absolute Gasteiger partial charge is 0.464 e. The zero-order valence-corrected chi connectivity index (χ0v) is 10.1. The molecule has 1 heterocycles. The predicted molar refractivity (Wildman–Crippen MR) is 56.4 cm³/mol. The average molecular weight is 215 g/mol. The van der Waals surface area contributed by atoms with E-state index in [-0.39, 0.29) is 5.97 Å². The van der Waals surface area contributed by atoms with Crippen LogP contribution in [0.3, 0.4) is 0 Å². The van der Waals surface area contributed by atoms with Gasteiger partial charge in [0.1, 0.15) is 8.07 Å². The van der Waals surface area contributed by atoms with Crippen molar-refractivity contribution >= 4 is 30.0 Å². The Morgan fingerprint density at radius 3 is 2.54 bits per heavy atom. The molecule has 0 unspecified atom stereocenters. The number of rotatable bonds is 2. The van der Waals surface area contributed by atoms with Gasteiger partial charge in [-0.1, -0.05) is 19.6 Å². The zero-order valence-electron chi connectivity index (χ0n) is 8.25. The quantitative estimate of drug-likeness (QED) is 0.554. The first kappa shape index (κ1) is 10.4. The molecule has 1 rings (SSSR count). The molecular formula is C8H13NO2SSi. The number of hydrogen-bond donors (Lipinski definition) is 0. The Labute approximate surface area is 82.8 Å². The van der Waals surface area contributed by atoms with Gasteiger partial charge in [-0.05, 0) is 0 Å². The van der Waals surface area contributed by atoms with Crippen LogP contribution < -0.4 is 4.63 Å². The van der Waals surface area contributed by atoms with Gasteiger partial charge in [0, 0.05) is 5.38 Å². The molecule has 0 radical (unpaired) electrons. The summed E-state index contributed by atoms with van der Waals surface area (Å²) in [6.45, 7) is 6.60. The van der Waals surface area contributed by atoms with Gasteiger partial charge in [-0.2, -0.15) is 0 Å². The van der Waals surface area contributed by atoms with Crippen LogP contribution in [-0.2, 0) is 4.74 Å². The van der Waals surface area contributed by atoms with Gasteiger partial charge in [0.25, 0.3) is 0 Å². The maximum atomic E-state index is 11.1. The fraction of sp³-hybridized carbons (Fsp3) is 0.500. The number of methoxy groups -OCH3 is 1. The van der Waals surface area contributed by atoms with Crippen LogP contribution in [0.1, 0.15) is 10.5 Å². The summed E-state index contributed by atoms with van der Waals surface area (Å²) in [5.41, 5.74) is 0.435. The number of carbonyl (C=O) groups is 1. The van der Waals surface area contributed by atoms with Crippen LogP contribution in [-0.4, -0.2) is 26.1 Å². The van der Waals surface area contributed by atoms with Gasteiger partial charge in [0.15, 0.2) is 5.69 Å². The summed E-state index contributed by atoms with van der Waals surface area (Å²) >= 11 is 1.55. The van der Waals surface area contributed by atoms with Crippen molar-refractivity contribution < 1.29 is 9.53 Å². The summed E-state index contributed by atoms with van der Waals surface area (Å²) in [6, 6.07) is 0. The van der Waals surface area contributed by atoms with Crippen LogP contribution in [0.15, 0.2) is 5.38 Å². The Bertz CT molecular complexity index is 316. The summed E-state index contributed by atoms with van der Waals surface area (Å²) in [5, 5.41) is 1.76. The van der Waals surface area contributed by atoms with E-state index in [1.165, 1.54) is 7.11 Å². The molecule has 0 amide bonds. The minimum Gasteiger partial charge on any atom is -0.464 e. The summed E-state index contributed by atoms with van der Waals surface area (Å²) in [4.78, 5) is 15.3. The smallest absolute Gasteiger partial charge is 0.357 e. The van der Waals surface area contributed by atoms with Crippen LogP contribution in [0.5, 0.6) is 0 Å². The van der Waals surface area contributed by atoms with E-state index in [4.69, 9.17) is 0 Å². The van der Waals surface area contributed by atoms with Crippen molar-refractivity contribution in [1.29, 1.82) is 0 Å². The molecule has 0 aliphatic rings. The molecule has 0 aliphatic heterocycles. The highest BCUT2D eigenvalue weighted by atomic mass is 32.1. The van der Waals surface area contributed by atoms with E-state index in [0.717, 1.165) is 4.63 Å². The highest BCUT2D eigenvalue weighted by molar-refractivity contribution is 7.24. The third-order valence-electron chi connectivity index (χ3n) is 1.54. The third-order valence-corrected chi connectivity index (χ3v) is 5.78. The number of thiazole rings is 1. The molecule has 13 heavy (non-hydrogen) atoms. The Kier molecular flexibility index (Phi) is 2.87. The highest BCUT2D eigenvalue weighted by Gasteiger charge is 2.22. The van der Waals surface area contributed by atoms with E-state index >= 15 is 0 Å². The maximum Gasteiger partial charge on any atom is 0.357 e. The van der Waals surface area contributed by atoms with E-state index in [0.29, 0.717) is 5.69 Å². The molecule has 0 aliphatic carbocycles. The van der Waals surface area contributed by atoms with Crippen molar-refractivity contribution in [3.05, 3.63) is 11.1 Å². The van der Waals surface area contributed by atoms with Crippen LogP contribution in [0.2, 0.25) is 19.6 Å². The van der Waals surface area contributed by atoms with Gasteiger partial charge in [0.2, 0.25) is 0 Å². The number of nitrogens with zero attached hydrogens (tertiary/aromatic N) is 1. The summed E-state index contributed by atoms with van der Waals surface area (Å²) < 4.78 is 5.67. The lowest BCUT2D eigenvalue weighted by Crippen LogP contribution is -2.37. The molecule has 0 aromatic carbocycles. The van der Waals surface area contributed by atoms with Gasteiger partial charge >= 0.3 is 5.97 Å². The Morgan fingerprint density at radius 1 is 1.54 bits per heavy atom. The monoisotopic (exact) mass is 215 g/mol. The second-order valence-corrected chi connectivity index (χ2v) is 9.97. The van der Waals surface area contributed by atoms with E-state index in [1.54, 1.807) is 16.7 Å². The molecule has 1 aromatic rings. The van der Waals surface area contributed by atoms with Gasteiger partial charge < -0.3 is 4.74 Å². The van der Waals surface area contributed by atoms with Crippen LogP contribution in [0, 0.1) is 0 Å². The average Bonchev–Trinajstić information content (AvgIpc) is 2.50.